The van der Waals surface area contributed by atoms with Crippen LogP contribution in [0.4, 0.5) is 4.39 Å². The monoisotopic (exact) mass is 165 g/mol. The maximum atomic E-state index is 12.6. The topological polar surface area (TPSA) is 46.2 Å². The molecule has 0 amide bonds. The standard InChI is InChI=1S/C9H8FNO/c10-8-3-4-9(12)7(6-8)2-1-5-11/h3-4,6,12H,5,11H2. The third-order valence-corrected chi connectivity index (χ3v) is 1.28. The molecule has 0 fully saturated rings. The Hall–Kier alpha value is -1.53. The van der Waals surface area contributed by atoms with Crippen LogP contribution in [0.1, 0.15) is 5.56 Å². The summed E-state index contributed by atoms with van der Waals surface area (Å²) in [7, 11) is 0. The summed E-state index contributed by atoms with van der Waals surface area (Å²) in [4.78, 5) is 0. The minimum Gasteiger partial charge on any atom is -0.507 e. The van der Waals surface area contributed by atoms with E-state index in [0.717, 1.165) is 6.07 Å². The SMILES string of the molecule is NCC#Cc1cc(F)ccc1O. The van der Waals surface area contributed by atoms with Gasteiger partial charge in [-0.3, -0.25) is 0 Å². The van der Waals surface area contributed by atoms with E-state index in [2.05, 4.69) is 11.8 Å². The third-order valence-electron chi connectivity index (χ3n) is 1.28. The zero-order valence-corrected chi connectivity index (χ0v) is 6.34. The van der Waals surface area contributed by atoms with Gasteiger partial charge in [-0.1, -0.05) is 11.8 Å². The highest BCUT2D eigenvalue weighted by molar-refractivity contribution is 5.45. The van der Waals surface area contributed by atoms with Gasteiger partial charge >= 0.3 is 0 Å². The zero-order chi connectivity index (χ0) is 8.97. The van der Waals surface area contributed by atoms with E-state index < -0.39 is 5.82 Å². The fourth-order valence-electron chi connectivity index (χ4n) is 0.755. The van der Waals surface area contributed by atoms with Gasteiger partial charge in [0.25, 0.3) is 0 Å². The molecule has 0 aliphatic carbocycles. The average Bonchev–Trinajstić information content (AvgIpc) is 2.07. The molecule has 0 aliphatic rings. The molecule has 0 saturated carbocycles. The number of phenols is 1. The minimum absolute atomic E-state index is 0.0302. The van der Waals surface area contributed by atoms with E-state index in [0.29, 0.717) is 0 Å². The van der Waals surface area contributed by atoms with E-state index in [9.17, 15) is 4.39 Å². The number of aromatic hydroxyl groups is 1. The molecule has 3 N–H and O–H groups in total. The van der Waals surface area contributed by atoms with Gasteiger partial charge in [0.05, 0.1) is 12.1 Å². The molecule has 1 rings (SSSR count). The van der Waals surface area contributed by atoms with E-state index in [4.69, 9.17) is 10.8 Å². The summed E-state index contributed by atoms with van der Waals surface area (Å²) in [5, 5.41) is 9.15. The van der Waals surface area contributed by atoms with Gasteiger partial charge in [0.1, 0.15) is 11.6 Å². The largest absolute Gasteiger partial charge is 0.507 e. The number of rotatable bonds is 0. The van der Waals surface area contributed by atoms with Crippen molar-refractivity contribution in [2.45, 2.75) is 0 Å². The molecule has 1 aromatic rings. The van der Waals surface area contributed by atoms with Gasteiger partial charge in [0, 0.05) is 0 Å². The van der Waals surface area contributed by atoms with Crippen LogP contribution in [0, 0.1) is 17.7 Å². The van der Waals surface area contributed by atoms with Crippen LogP contribution in [0.25, 0.3) is 0 Å². The number of nitrogens with two attached hydrogens (primary N) is 1. The lowest BCUT2D eigenvalue weighted by molar-refractivity contribution is 0.471. The molecule has 0 heterocycles. The van der Waals surface area contributed by atoms with Crippen LogP contribution >= 0.6 is 0 Å². The first-order valence-electron chi connectivity index (χ1n) is 3.41. The first kappa shape index (κ1) is 8.57. The van der Waals surface area contributed by atoms with E-state index in [1.165, 1.54) is 12.1 Å². The number of phenolic OH excluding ortho intramolecular Hbond substituents is 1. The van der Waals surface area contributed by atoms with Gasteiger partial charge < -0.3 is 10.8 Å². The van der Waals surface area contributed by atoms with Crippen molar-refractivity contribution < 1.29 is 9.50 Å². The Kier molecular flexibility index (Phi) is 2.67. The number of hydrogen-bond donors (Lipinski definition) is 2. The Morgan fingerprint density at radius 3 is 2.92 bits per heavy atom. The second kappa shape index (κ2) is 3.74. The van der Waals surface area contributed by atoms with Crippen molar-refractivity contribution in [2.75, 3.05) is 6.54 Å². The van der Waals surface area contributed by atoms with Gasteiger partial charge in [0.2, 0.25) is 0 Å². The van der Waals surface area contributed by atoms with Crippen molar-refractivity contribution in [1.29, 1.82) is 0 Å². The highest BCUT2D eigenvalue weighted by Gasteiger charge is 1.97. The fraction of sp³-hybridized carbons (Fsp3) is 0.111. The summed E-state index contributed by atoms with van der Waals surface area (Å²) in [5.74, 6) is 4.62. The lowest BCUT2D eigenvalue weighted by Gasteiger charge is -1.95. The highest BCUT2D eigenvalue weighted by atomic mass is 19.1. The molecular weight excluding hydrogens is 157 g/mol. The second-order valence-corrected chi connectivity index (χ2v) is 2.17. The highest BCUT2D eigenvalue weighted by Crippen LogP contribution is 2.15. The molecule has 0 unspecified atom stereocenters. The maximum absolute atomic E-state index is 12.6. The average molecular weight is 165 g/mol. The van der Waals surface area contributed by atoms with E-state index in [1.807, 2.05) is 0 Å². The molecule has 0 atom stereocenters. The molecule has 12 heavy (non-hydrogen) atoms. The predicted octanol–water partition coefficient (Wildman–Crippen LogP) is 0.841. The van der Waals surface area contributed by atoms with Crippen molar-refractivity contribution in [3.8, 4) is 17.6 Å². The van der Waals surface area contributed by atoms with Crippen molar-refractivity contribution in [1.82, 2.24) is 0 Å². The molecule has 0 saturated heterocycles. The van der Waals surface area contributed by atoms with Crippen LogP contribution < -0.4 is 5.73 Å². The molecule has 0 bridgehead atoms. The molecule has 0 aliphatic heterocycles. The molecule has 0 spiro atoms. The van der Waals surface area contributed by atoms with Gasteiger partial charge in [-0.25, -0.2) is 4.39 Å². The summed E-state index contributed by atoms with van der Waals surface area (Å²) in [5.41, 5.74) is 5.38. The van der Waals surface area contributed by atoms with Crippen molar-refractivity contribution in [3.63, 3.8) is 0 Å². The Bertz CT molecular complexity index is 338. The van der Waals surface area contributed by atoms with E-state index >= 15 is 0 Å². The summed E-state index contributed by atoms with van der Waals surface area (Å²) in [6, 6.07) is 3.59. The minimum atomic E-state index is -0.422. The maximum Gasteiger partial charge on any atom is 0.131 e. The number of benzene rings is 1. The first-order chi connectivity index (χ1) is 5.74. The van der Waals surface area contributed by atoms with Gasteiger partial charge in [-0.05, 0) is 18.2 Å². The summed E-state index contributed by atoms with van der Waals surface area (Å²) >= 11 is 0. The molecule has 62 valence electrons. The van der Waals surface area contributed by atoms with Crippen molar-refractivity contribution in [3.05, 3.63) is 29.6 Å². The normalized spacial score (nSPS) is 8.83. The van der Waals surface area contributed by atoms with E-state index in [-0.39, 0.29) is 17.9 Å². The predicted molar refractivity (Wildman–Crippen MR) is 44.0 cm³/mol. The van der Waals surface area contributed by atoms with Crippen molar-refractivity contribution >= 4 is 0 Å². The molecule has 0 radical (unpaired) electrons. The smallest absolute Gasteiger partial charge is 0.131 e. The molecule has 0 aromatic heterocycles. The lowest BCUT2D eigenvalue weighted by atomic mass is 10.2. The van der Waals surface area contributed by atoms with Gasteiger partial charge in [0.15, 0.2) is 0 Å². The van der Waals surface area contributed by atoms with Crippen LogP contribution in [0.15, 0.2) is 18.2 Å². The van der Waals surface area contributed by atoms with Crippen molar-refractivity contribution in [2.24, 2.45) is 5.73 Å². The summed E-state index contributed by atoms with van der Waals surface area (Å²) < 4.78 is 12.6. The summed E-state index contributed by atoms with van der Waals surface area (Å²) in [6.45, 7) is 0.190. The Morgan fingerprint density at radius 1 is 1.50 bits per heavy atom. The van der Waals surface area contributed by atoms with Gasteiger partial charge in [-0.15, -0.1) is 0 Å². The molecule has 1 aromatic carbocycles. The Balaban J connectivity index is 3.05. The Labute approximate surface area is 69.8 Å². The lowest BCUT2D eigenvalue weighted by Crippen LogP contribution is -1.93. The molecule has 3 heteroatoms. The zero-order valence-electron chi connectivity index (χ0n) is 6.34. The molecule has 2 nitrogen and oxygen atoms in total. The quantitative estimate of drug-likeness (QED) is 0.559. The Morgan fingerprint density at radius 2 is 2.25 bits per heavy atom. The molecular formula is C9H8FNO. The van der Waals surface area contributed by atoms with Crippen LogP contribution in [-0.4, -0.2) is 11.7 Å². The second-order valence-electron chi connectivity index (χ2n) is 2.17. The van der Waals surface area contributed by atoms with E-state index in [1.54, 1.807) is 0 Å². The third kappa shape index (κ3) is 1.97. The van der Waals surface area contributed by atoms with Crippen LogP contribution in [0.5, 0.6) is 5.75 Å². The first-order valence-corrected chi connectivity index (χ1v) is 3.41. The van der Waals surface area contributed by atoms with Crippen LogP contribution in [0.2, 0.25) is 0 Å². The van der Waals surface area contributed by atoms with Gasteiger partial charge in [-0.2, -0.15) is 0 Å². The number of halogens is 1. The van der Waals surface area contributed by atoms with Crippen LogP contribution in [0.3, 0.4) is 0 Å². The van der Waals surface area contributed by atoms with Crippen LogP contribution in [-0.2, 0) is 0 Å². The fourth-order valence-corrected chi connectivity index (χ4v) is 0.755. The number of hydrogen-bond acceptors (Lipinski definition) is 2. The summed E-state index contributed by atoms with van der Waals surface area (Å²) in [6.07, 6.45) is 0.